The molecule has 0 spiro atoms. The third-order valence-corrected chi connectivity index (χ3v) is 1.80. The zero-order valence-electron chi connectivity index (χ0n) is 6.32. The lowest BCUT2D eigenvalue weighted by Gasteiger charge is -2.11. The van der Waals surface area contributed by atoms with Crippen LogP contribution in [0.25, 0.3) is 0 Å². The molecule has 13 heavy (non-hydrogen) atoms. The average molecular weight is 211 g/mol. The molecule has 0 fully saturated rings. The molecule has 0 amide bonds. The van der Waals surface area contributed by atoms with Gasteiger partial charge in [0.25, 0.3) is 0 Å². The maximum Gasteiger partial charge on any atom is 0.418 e. The number of nitrogens with two attached hydrogens (primary N) is 2. The Kier molecular flexibility index (Phi) is 2.30. The topological polar surface area (TPSA) is 52.0 Å². The first-order chi connectivity index (χ1) is 5.82. The van der Waals surface area contributed by atoms with Gasteiger partial charge in [0, 0.05) is 5.69 Å². The van der Waals surface area contributed by atoms with Gasteiger partial charge in [-0.25, -0.2) is 0 Å². The maximum atomic E-state index is 12.2. The third-order valence-electron chi connectivity index (χ3n) is 1.47. The van der Waals surface area contributed by atoms with Gasteiger partial charge in [-0.15, -0.1) is 0 Å². The van der Waals surface area contributed by atoms with E-state index >= 15 is 0 Å². The van der Waals surface area contributed by atoms with E-state index in [0.29, 0.717) is 6.07 Å². The quantitative estimate of drug-likeness (QED) is 0.647. The van der Waals surface area contributed by atoms with Crippen LogP contribution in [0.5, 0.6) is 0 Å². The van der Waals surface area contributed by atoms with Crippen molar-refractivity contribution >= 4 is 23.0 Å². The average Bonchev–Trinajstić information content (AvgIpc) is 1.94. The summed E-state index contributed by atoms with van der Waals surface area (Å²) in [4.78, 5) is 0. The van der Waals surface area contributed by atoms with Crippen molar-refractivity contribution in [3.05, 3.63) is 22.7 Å². The SMILES string of the molecule is Nc1cc(N)c(C(F)(F)F)cc1Cl. The van der Waals surface area contributed by atoms with Gasteiger partial charge < -0.3 is 11.5 Å². The summed E-state index contributed by atoms with van der Waals surface area (Å²) in [7, 11) is 0. The molecule has 6 heteroatoms. The van der Waals surface area contributed by atoms with Crippen molar-refractivity contribution in [1.29, 1.82) is 0 Å². The van der Waals surface area contributed by atoms with Crippen LogP contribution in [-0.2, 0) is 6.18 Å². The van der Waals surface area contributed by atoms with Crippen molar-refractivity contribution in [1.82, 2.24) is 0 Å². The number of hydrogen-bond donors (Lipinski definition) is 2. The molecule has 0 aliphatic heterocycles. The summed E-state index contributed by atoms with van der Waals surface area (Å²) in [5, 5.41) is -0.151. The van der Waals surface area contributed by atoms with Crippen LogP contribution in [-0.4, -0.2) is 0 Å². The Morgan fingerprint density at radius 3 is 2.08 bits per heavy atom. The zero-order valence-corrected chi connectivity index (χ0v) is 7.08. The fraction of sp³-hybridized carbons (Fsp3) is 0.143. The molecule has 0 unspecified atom stereocenters. The molecule has 1 aromatic rings. The molecule has 4 N–H and O–H groups in total. The van der Waals surface area contributed by atoms with E-state index in [-0.39, 0.29) is 10.7 Å². The van der Waals surface area contributed by atoms with Crippen LogP contribution in [0.2, 0.25) is 5.02 Å². The molecule has 0 aliphatic carbocycles. The summed E-state index contributed by atoms with van der Waals surface area (Å²) < 4.78 is 36.5. The molecule has 2 nitrogen and oxygen atoms in total. The number of alkyl halides is 3. The van der Waals surface area contributed by atoms with Crippen LogP contribution in [0, 0.1) is 0 Å². The van der Waals surface area contributed by atoms with E-state index < -0.39 is 17.4 Å². The highest BCUT2D eigenvalue weighted by Crippen LogP contribution is 2.37. The monoisotopic (exact) mass is 210 g/mol. The molecule has 0 saturated heterocycles. The van der Waals surface area contributed by atoms with Gasteiger partial charge >= 0.3 is 6.18 Å². The maximum absolute atomic E-state index is 12.2. The first-order valence-electron chi connectivity index (χ1n) is 3.24. The Balaban J connectivity index is 3.32. The van der Waals surface area contributed by atoms with E-state index in [1.165, 1.54) is 0 Å². The van der Waals surface area contributed by atoms with Crippen LogP contribution < -0.4 is 11.5 Å². The Morgan fingerprint density at radius 1 is 1.08 bits per heavy atom. The lowest BCUT2D eigenvalue weighted by Crippen LogP contribution is -2.09. The normalized spacial score (nSPS) is 11.7. The number of nitrogen functional groups attached to an aromatic ring is 2. The minimum atomic E-state index is -4.50. The predicted octanol–water partition coefficient (Wildman–Crippen LogP) is 2.52. The second-order valence-corrected chi connectivity index (χ2v) is 2.87. The van der Waals surface area contributed by atoms with Gasteiger partial charge in [0.1, 0.15) is 0 Å². The Morgan fingerprint density at radius 2 is 1.62 bits per heavy atom. The van der Waals surface area contributed by atoms with E-state index in [0.717, 1.165) is 6.07 Å². The standard InChI is InChI=1S/C7H6ClF3N2/c8-4-1-3(7(9,10)11)5(12)2-6(4)13/h1-2H,12-13H2. The molecule has 1 rings (SSSR count). The minimum Gasteiger partial charge on any atom is -0.398 e. The second kappa shape index (κ2) is 2.99. The molecule has 0 atom stereocenters. The van der Waals surface area contributed by atoms with Crippen LogP contribution in [0.1, 0.15) is 5.56 Å². The van der Waals surface area contributed by atoms with Crippen molar-refractivity contribution in [3.8, 4) is 0 Å². The van der Waals surface area contributed by atoms with Crippen molar-refractivity contribution < 1.29 is 13.2 Å². The molecule has 0 radical (unpaired) electrons. The fourth-order valence-electron chi connectivity index (χ4n) is 0.853. The third kappa shape index (κ3) is 1.98. The smallest absolute Gasteiger partial charge is 0.398 e. The van der Waals surface area contributed by atoms with Crippen LogP contribution in [0.3, 0.4) is 0 Å². The van der Waals surface area contributed by atoms with Gasteiger partial charge in [-0.05, 0) is 12.1 Å². The van der Waals surface area contributed by atoms with Gasteiger partial charge in [0.15, 0.2) is 0 Å². The lowest BCUT2D eigenvalue weighted by molar-refractivity contribution is -0.136. The molecule has 0 aromatic heterocycles. The van der Waals surface area contributed by atoms with Crippen molar-refractivity contribution in [2.24, 2.45) is 0 Å². The highest BCUT2D eigenvalue weighted by Gasteiger charge is 2.33. The lowest BCUT2D eigenvalue weighted by atomic mass is 10.1. The van der Waals surface area contributed by atoms with E-state index in [4.69, 9.17) is 23.1 Å². The zero-order chi connectivity index (χ0) is 10.2. The molecule has 0 aliphatic rings. The van der Waals surface area contributed by atoms with Crippen LogP contribution in [0.15, 0.2) is 12.1 Å². The van der Waals surface area contributed by atoms with Crippen molar-refractivity contribution in [2.75, 3.05) is 11.5 Å². The number of halogens is 4. The van der Waals surface area contributed by atoms with E-state index in [1.807, 2.05) is 0 Å². The number of hydrogen-bond acceptors (Lipinski definition) is 2. The van der Waals surface area contributed by atoms with Gasteiger partial charge in [-0.3, -0.25) is 0 Å². The van der Waals surface area contributed by atoms with E-state index in [2.05, 4.69) is 0 Å². The Labute approximate surface area is 77.3 Å². The van der Waals surface area contributed by atoms with Crippen LogP contribution in [0.4, 0.5) is 24.5 Å². The highest BCUT2D eigenvalue weighted by atomic mass is 35.5. The first-order valence-corrected chi connectivity index (χ1v) is 3.62. The van der Waals surface area contributed by atoms with Gasteiger partial charge in [0.2, 0.25) is 0 Å². The van der Waals surface area contributed by atoms with Gasteiger partial charge in [-0.2, -0.15) is 13.2 Å². The molecule has 0 bridgehead atoms. The van der Waals surface area contributed by atoms with Gasteiger partial charge in [-0.1, -0.05) is 11.6 Å². The van der Waals surface area contributed by atoms with Crippen LogP contribution >= 0.6 is 11.6 Å². The number of benzene rings is 1. The number of anilines is 2. The fourth-order valence-corrected chi connectivity index (χ4v) is 1.02. The molecule has 72 valence electrons. The largest absolute Gasteiger partial charge is 0.418 e. The second-order valence-electron chi connectivity index (χ2n) is 2.46. The Hall–Kier alpha value is -1.10. The summed E-state index contributed by atoms with van der Waals surface area (Å²) in [6, 6.07) is 1.71. The summed E-state index contributed by atoms with van der Waals surface area (Å²) >= 11 is 5.41. The predicted molar refractivity (Wildman–Crippen MR) is 45.3 cm³/mol. The Bertz CT molecular complexity index is 335. The molecular weight excluding hydrogens is 205 g/mol. The molecule has 0 heterocycles. The van der Waals surface area contributed by atoms with E-state index in [1.54, 1.807) is 0 Å². The van der Waals surface area contributed by atoms with Gasteiger partial charge in [0.05, 0.1) is 16.3 Å². The minimum absolute atomic E-state index is 0.0344. The summed E-state index contributed by atoms with van der Waals surface area (Å²) in [6.07, 6.45) is -4.50. The summed E-state index contributed by atoms with van der Waals surface area (Å²) in [6.45, 7) is 0. The van der Waals surface area contributed by atoms with Crippen molar-refractivity contribution in [3.63, 3.8) is 0 Å². The molecular formula is C7H6ClF3N2. The molecule has 1 aromatic carbocycles. The van der Waals surface area contributed by atoms with Crippen molar-refractivity contribution in [2.45, 2.75) is 6.18 Å². The highest BCUT2D eigenvalue weighted by molar-refractivity contribution is 6.33. The summed E-state index contributed by atoms with van der Waals surface area (Å²) in [5.41, 5.74) is 9.02. The van der Waals surface area contributed by atoms with E-state index in [9.17, 15) is 13.2 Å². The summed E-state index contributed by atoms with van der Waals surface area (Å²) in [5.74, 6) is 0. The molecule has 0 saturated carbocycles. The first kappa shape index (κ1) is 9.98. The number of rotatable bonds is 0.